The molecule has 5 nitrogen and oxygen atoms in total. The predicted octanol–water partition coefficient (Wildman–Crippen LogP) is 3.08. The van der Waals surface area contributed by atoms with Crippen molar-refractivity contribution in [2.45, 2.75) is 33.6 Å². The number of unbranched alkanes of at least 4 members (excludes halogenated alkanes) is 1. The van der Waals surface area contributed by atoms with Crippen molar-refractivity contribution in [2.75, 3.05) is 19.8 Å². The minimum atomic E-state index is 0.503. The zero-order valence-electron chi connectivity index (χ0n) is 13.5. The maximum absolute atomic E-state index is 5.74. The molecule has 0 heterocycles. The van der Waals surface area contributed by atoms with Gasteiger partial charge >= 0.3 is 0 Å². The monoisotopic (exact) mass is 323 g/mol. The Kier molecular flexibility index (Phi) is 8.98. The molecular formula is C16H25N3O2S. The van der Waals surface area contributed by atoms with E-state index in [0.29, 0.717) is 18.3 Å². The van der Waals surface area contributed by atoms with Crippen LogP contribution in [0.3, 0.4) is 0 Å². The molecule has 1 aromatic rings. The molecule has 1 aromatic carbocycles. The SMILES string of the molecule is CCCCOc1ccc(/C=N/NC(=S)NCC)cc1OCC. The first-order valence-corrected chi connectivity index (χ1v) is 8.08. The topological polar surface area (TPSA) is 54.9 Å². The van der Waals surface area contributed by atoms with Gasteiger partial charge in [-0.1, -0.05) is 13.3 Å². The average Bonchev–Trinajstić information content (AvgIpc) is 2.50. The van der Waals surface area contributed by atoms with Crippen molar-refractivity contribution in [1.82, 2.24) is 10.7 Å². The van der Waals surface area contributed by atoms with Crippen LogP contribution in [0, 0.1) is 0 Å². The highest BCUT2D eigenvalue weighted by atomic mass is 32.1. The van der Waals surface area contributed by atoms with Gasteiger partial charge in [-0.2, -0.15) is 5.10 Å². The van der Waals surface area contributed by atoms with E-state index >= 15 is 0 Å². The molecule has 0 fully saturated rings. The Morgan fingerprint density at radius 2 is 2.05 bits per heavy atom. The quantitative estimate of drug-likeness (QED) is 0.316. The van der Waals surface area contributed by atoms with Crippen LogP contribution in [0.25, 0.3) is 0 Å². The normalized spacial score (nSPS) is 10.5. The van der Waals surface area contributed by atoms with Crippen LogP contribution in [0.5, 0.6) is 11.5 Å². The van der Waals surface area contributed by atoms with E-state index in [9.17, 15) is 0 Å². The van der Waals surface area contributed by atoms with Crippen LogP contribution >= 0.6 is 12.2 Å². The molecule has 0 aliphatic rings. The van der Waals surface area contributed by atoms with Gasteiger partial charge in [0.1, 0.15) is 0 Å². The molecule has 0 aliphatic heterocycles. The summed E-state index contributed by atoms with van der Waals surface area (Å²) in [4.78, 5) is 0. The third-order valence-electron chi connectivity index (χ3n) is 2.74. The van der Waals surface area contributed by atoms with E-state index in [2.05, 4.69) is 22.8 Å². The van der Waals surface area contributed by atoms with Crippen molar-refractivity contribution < 1.29 is 9.47 Å². The van der Waals surface area contributed by atoms with Gasteiger partial charge in [0.25, 0.3) is 0 Å². The highest BCUT2D eigenvalue weighted by Crippen LogP contribution is 2.28. The molecule has 0 spiro atoms. The van der Waals surface area contributed by atoms with Gasteiger partial charge in [0.05, 0.1) is 19.4 Å². The second-order valence-corrected chi connectivity index (χ2v) is 4.98. The molecule has 0 radical (unpaired) electrons. The van der Waals surface area contributed by atoms with Crippen LogP contribution in [0.1, 0.15) is 39.2 Å². The minimum absolute atomic E-state index is 0.503. The standard InChI is InChI=1S/C16H25N3O2S/c1-4-7-10-21-14-9-8-13(11-15(14)20-6-3)12-18-19-16(22)17-5-2/h8-9,11-12H,4-7,10H2,1-3H3,(H2,17,19,22)/b18-12+. The van der Waals surface area contributed by atoms with Gasteiger partial charge in [-0.15, -0.1) is 0 Å². The lowest BCUT2D eigenvalue weighted by molar-refractivity contribution is 0.272. The molecular weight excluding hydrogens is 298 g/mol. The number of hydrazone groups is 1. The smallest absolute Gasteiger partial charge is 0.186 e. The van der Waals surface area contributed by atoms with Gasteiger partial charge in [0.2, 0.25) is 0 Å². The summed E-state index contributed by atoms with van der Waals surface area (Å²) in [6.07, 6.45) is 3.83. The summed E-state index contributed by atoms with van der Waals surface area (Å²) < 4.78 is 11.4. The van der Waals surface area contributed by atoms with E-state index in [1.807, 2.05) is 32.0 Å². The van der Waals surface area contributed by atoms with Crippen molar-refractivity contribution in [3.8, 4) is 11.5 Å². The summed E-state index contributed by atoms with van der Waals surface area (Å²) >= 11 is 5.04. The van der Waals surface area contributed by atoms with Crippen molar-refractivity contribution in [2.24, 2.45) is 5.10 Å². The highest BCUT2D eigenvalue weighted by molar-refractivity contribution is 7.80. The number of thiocarbonyl (C=S) groups is 1. The van der Waals surface area contributed by atoms with Crippen LogP contribution < -0.4 is 20.2 Å². The Balaban J connectivity index is 2.70. The van der Waals surface area contributed by atoms with Gasteiger partial charge in [-0.05, 0) is 56.2 Å². The first-order chi connectivity index (χ1) is 10.7. The van der Waals surface area contributed by atoms with Gasteiger partial charge in [0.15, 0.2) is 16.6 Å². The van der Waals surface area contributed by atoms with Crippen molar-refractivity contribution in [1.29, 1.82) is 0 Å². The molecule has 122 valence electrons. The molecule has 0 unspecified atom stereocenters. The van der Waals surface area contributed by atoms with Crippen LogP contribution in [-0.4, -0.2) is 31.1 Å². The fourth-order valence-corrected chi connectivity index (χ4v) is 1.88. The number of hydrogen-bond acceptors (Lipinski definition) is 4. The Morgan fingerprint density at radius 3 is 2.73 bits per heavy atom. The molecule has 0 saturated carbocycles. The van der Waals surface area contributed by atoms with Crippen LogP contribution in [0.2, 0.25) is 0 Å². The molecule has 0 bridgehead atoms. The fraction of sp³-hybridized carbons (Fsp3) is 0.500. The van der Waals surface area contributed by atoms with Crippen LogP contribution in [0.4, 0.5) is 0 Å². The zero-order chi connectivity index (χ0) is 16.2. The van der Waals surface area contributed by atoms with Gasteiger partial charge < -0.3 is 14.8 Å². The Labute approximate surface area is 138 Å². The first-order valence-electron chi connectivity index (χ1n) is 7.67. The number of rotatable bonds is 9. The third kappa shape index (κ3) is 6.76. The largest absolute Gasteiger partial charge is 0.490 e. The number of ether oxygens (including phenoxy) is 2. The molecule has 0 saturated heterocycles. The Bertz CT molecular complexity index is 492. The third-order valence-corrected chi connectivity index (χ3v) is 2.98. The highest BCUT2D eigenvalue weighted by Gasteiger charge is 2.05. The summed E-state index contributed by atoms with van der Waals surface area (Å²) in [5.74, 6) is 1.50. The Morgan fingerprint density at radius 1 is 1.23 bits per heavy atom. The van der Waals surface area contributed by atoms with Crippen molar-refractivity contribution in [3.63, 3.8) is 0 Å². The van der Waals surface area contributed by atoms with E-state index in [1.165, 1.54) is 0 Å². The van der Waals surface area contributed by atoms with E-state index in [-0.39, 0.29) is 0 Å². The molecule has 22 heavy (non-hydrogen) atoms. The summed E-state index contributed by atoms with van der Waals surface area (Å²) in [7, 11) is 0. The van der Waals surface area contributed by atoms with E-state index in [1.54, 1.807) is 6.21 Å². The maximum atomic E-state index is 5.74. The number of benzene rings is 1. The summed E-state index contributed by atoms with van der Waals surface area (Å²) in [6.45, 7) is 8.11. The molecule has 6 heteroatoms. The van der Waals surface area contributed by atoms with Crippen molar-refractivity contribution >= 4 is 23.5 Å². The van der Waals surface area contributed by atoms with Crippen LogP contribution in [0.15, 0.2) is 23.3 Å². The van der Waals surface area contributed by atoms with Gasteiger partial charge in [0, 0.05) is 6.54 Å². The summed E-state index contributed by atoms with van der Waals surface area (Å²) in [6, 6.07) is 5.75. The second-order valence-electron chi connectivity index (χ2n) is 4.57. The predicted molar refractivity (Wildman–Crippen MR) is 95.0 cm³/mol. The lowest BCUT2D eigenvalue weighted by Gasteiger charge is -2.12. The number of hydrogen-bond donors (Lipinski definition) is 2. The molecule has 0 atom stereocenters. The Hall–Kier alpha value is -1.82. The van der Waals surface area contributed by atoms with E-state index in [0.717, 1.165) is 36.4 Å². The van der Waals surface area contributed by atoms with E-state index in [4.69, 9.17) is 21.7 Å². The molecule has 0 aromatic heterocycles. The second kappa shape index (κ2) is 10.8. The van der Waals surface area contributed by atoms with Crippen molar-refractivity contribution in [3.05, 3.63) is 23.8 Å². The minimum Gasteiger partial charge on any atom is -0.490 e. The molecule has 2 N–H and O–H groups in total. The fourth-order valence-electron chi connectivity index (χ4n) is 1.68. The number of nitrogens with one attached hydrogen (secondary N) is 2. The lowest BCUT2D eigenvalue weighted by Crippen LogP contribution is -2.31. The maximum Gasteiger partial charge on any atom is 0.186 e. The van der Waals surface area contributed by atoms with E-state index < -0.39 is 0 Å². The molecule has 0 amide bonds. The summed E-state index contributed by atoms with van der Waals surface area (Å²) in [5.41, 5.74) is 3.67. The average molecular weight is 323 g/mol. The van der Waals surface area contributed by atoms with Crippen LogP contribution in [-0.2, 0) is 0 Å². The van der Waals surface area contributed by atoms with Gasteiger partial charge in [-0.3, -0.25) is 5.43 Å². The first kappa shape index (κ1) is 18.2. The van der Waals surface area contributed by atoms with Gasteiger partial charge in [-0.25, -0.2) is 0 Å². The molecule has 1 rings (SSSR count). The summed E-state index contributed by atoms with van der Waals surface area (Å²) in [5, 5.41) is 7.56. The number of nitrogens with zero attached hydrogens (tertiary/aromatic N) is 1. The lowest BCUT2D eigenvalue weighted by atomic mass is 10.2. The molecule has 0 aliphatic carbocycles. The zero-order valence-corrected chi connectivity index (χ0v) is 14.3.